The number of ether oxygens (including phenoxy) is 1. The minimum Gasteiger partial charge on any atom is -0.383 e. The summed E-state index contributed by atoms with van der Waals surface area (Å²) in [5.41, 5.74) is 3.34. The van der Waals surface area contributed by atoms with E-state index >= 15 is 0 Å². The van der Waals surface area contributed by atoms with Gasteiger partial charge < -0.3 is 9.72 Å². The summed E-state index contributed by atoms with van der Waals surface area (Å²) in [6.07, 6.45) is 0. The minimum atomic E-state index is -0.287. The van der Waals surface area contributed by atoms with E-state index in [1.54, 1.807) is 23.9 Å². The van der Waals surface area contributed by atoms with Crippen molar-refractivity contribution in [1.29, 1.82) is 0 Å². The second-order valence-electron chi connectivity index (χ2n) is 9.19. The summed E-state index contributed by atoms with van der Waals surface area (Å²) in [7, 11) is 1.64. The van der Waals surface area contributed by atoms with Gasteiger partial charge in [0.2, 0.25) is 0 Å². The maximum atomic E-state index is 13.6. The summed E-state index contributed by atoms with van der Waals surface area (Å²) in [6.45, 7) is 8.06. The Morgan fingerprint density at radius 2 is 1.89 bits per heavy atom. The number of aromatic amines is 1. The third-order valence-corrected chi connectivity index (χ3v) is 6.11. The van der Waals surface area contributed by atoms with Crippen molar-refractivity contribution >= 4 is 10.9 Å². The van der Waals surface area contributed by atoms with Gasteiger partial charge in [-0.15, -0.1) is 5.10 Å². The van der Waals surface area contributed by atoms with Crippen LogP contribution in [-0.2, 0) is 24.4 Å². The number of nitrogens with zero attached hydrogens (tertiary/aromatic N) is 5. The number of aryl methyl sites for hydroxylation is 1. The van der Waals surface area contributed by atoms with Crippen LogP contribution in [0.15, 0.2) is 53.3 Å². The van der Waals surface area contributed by atoms with Gasteiger partial charge in [0.1, 0.15) is 5.82 Å². The van der Waals surface area contributed by atoms with Crippen molar-refractivity contribution in [2.75, 3.05) is 13.7 Å². The van der Waals surface area contributed by atoms with Crippen LogP contribution in [0.2, 0.25) is 0 Å². The van der Waals surface area contributed by atoms with E-state index in [4.69, 9.17) is 4.74 Å². The first-order chi connectivity index (χ1) is 16.9. The molecule has 4 aromatic rings. The van der Waals surface area contributed by atoms with Crippen molar-refractivity contribution in [3.05, 3.63) is 87.2 Å². The second kappa shape index (κ2) is 10.9. The van der Waals surface area contributed by atoms with Crippen LogP contribution in [0.5, 0.6) is 0 Å². The number of methoxy groups -OCH3 is 1. The molecule has 0 unspecified atom stereocenters. The Labute approximate surface area is 203 Å². The SMILES string of the molecule is COCCn1nnnc1[C@H](C(C)C)N(Cc1ccc(F)cc1)Cc1cc2ccc(C)cc2[nH]c1=O. The Morgan fingerprint density at radius 3 is 2.60 bits per heavy atom. The predicted molar refractivity (Wildman–Crippen MR) is 132 cm³/mol. The zero-order chi connectivity index (χ0) is 24.9. The van der Waals surface area contributed by atoms with Crippen LogP contribution in [0.3, 0.4) is 0 Å². The zero-order valence-corrected chi connectivity index (χ0v) is 20.5. The number of H-pyrrole nitrogens is 1. The quantitative estimate of drug-likeness (QED) is 0.371. The lowest BCUT2D eigenvalue weighted by Crippen LogP contribution is -2.35. The molecule has 184 valence electrons. The number of aromatic nitrogens is 5. The lowest BCUT2D eigenvalue weighted by atomic mass is 9.99. The average Bonchev–Trinajstić information content (AvgIpc) is 3.27. The lowest BCUT2D eigenvalue weighted by Gasteiger charge is -2.33. The number of rotatable bonds is 10. The summed E-state index contributed by atoms with van der Waals surface area (Å²) in [5, 5.41) is 13.4. The molecular weight excluding hydrogens is 447 g/mol. The molecule has 2 aromatic heterocycles. The highest BCUT2D eigenvalue weighted by atomic mass is 19.1. The van der Waals surface area contributed by atoms with Gasteiger partial charge >= 0.3 is 0 Å². The van der Waals surface area contributed by atoms with Crippen LogP contribution in [-0.4, -0.2) is 43.8 Å². The first-order valence-electron chi connectivity index (χ1n) is 11.7. The molecule has 0 saturated heterocycles. The molecule has 0 aliphatic carbocycles. The molecule has 1 N–H and O–H groups in total. The number of fused-ring (bicyclic) bond motifs is 1. The highest BCUT2D eigenvalue weighted by Gasteiger charge is 2.30. The Morgan fingerprint density at radius 1 is 1.11 bits per heavy atom. The highest BCUT2D eigenvalue weighted by molar-refractivity contribution is 5.79. The molecule has 8 nitrogen and oxygen atoms in total. The number of tetrazole rings is 1. The molecule has 2 heterocycles. The molecule has 4 rings (SSSR count). The molecule has 0 radical (unpaired) electrons. The molecule has 0 bridgehead atoms. The van der Waals surface area contributed by atoms with Crippen LogP contribution >= 0.6 is 0 Å². The smallest absolute Gasteiger partial charge is 0.252 e. The van der Waals surface area contributed by atoms with Crippen LogP contribution < -0.4 is 5.56 Å². The van der Waals surface area contributed by atoms with Gasteiger partial charge in [-0.1, -0.05) is 38.1 Å². The van der Waals surface area contributed by atoms with Gasteiger partial charge in [-0.05, 0) is 64.0 Å². The van der Waals surface area contributed by atoms with Gasteiger partial charge in [-0.2, -0.15) is 0 Å². The van der Waals surface area contributed by atoms with Gasteiger partial charge in [0.25, 0.3) is 5.56 Å². The summed E-state index contributed by atoms with van der Waals surface area (Å²) >= 11 is 0. The Kier molecular flexibility index (Phi) is 7.67. The molecule has 1 atom stereocenters. The molecule has 0 amide bonds. The standard InChI is InChI=1S/C26H31FN6O2/c1-17(2)24(25-29-30-31-33(25)11-12-35-4)32(15-19-6-9-22(27)10-7-19)16-21-14-20-8-5-18(3)13-23(20)28-26(21)34/h5-10,13-14,17,24H,11-12,15-16H2,1-4H3,(H,28,34)/t24-/m0/s1. The summed E-state index contributed by atoms with van der Waals surface area (Å²) in [6, 6.07) is 14.2. The molecule has 35 heavy (non-hydrogen) atoms. The van der Waals surface area contributed by atoms with E-state index in [0.717, 1.165) is 22.0 Å². The number of hydrogen-bond acceptors (Lipinski definition) is 6. The normalized spacial score (nSPS) is 12.7. The molecular formula is C26H31FN6O2. The van der Waals surface area contributed by atoms with E-state index in [1.807, 2.05) is 31.2 Å². The molecule has 0 fully saturated rings. The number of pyridine rings is 1. The van der Waals surface area contributed by atoms with Crippen LogP contribution in [0.4, 0.5) is 4.39 Å². The first-order valence-corrected chi connectivity index (χ1v) is 11.7. The van der Waals surface area contributed by atoms with Crippen LogP contribution in [0, 0.1) is 18.7 Å². The average molecular weight is 479 g/mol. The van der Waals surface area contributed by atoms with Gasteiger partial charge in [0.05, 0.1) is 19.2 Å². The van der Waals surface area contributed by atoms with Gasteiger partial charge in [-0.25, -0.2) is 9.07 Å². The third kappa shape index (κ3) is 5.80. The van der Waals surface area contributed by atoms with Crippen molar-refractivity contribution in [2.45, 2.75) is 46.4 Å². The van der Waals surface area contributed by atoms with E-state index in [9.17, 15) is 9.18 Å². The van der Waals surface area contributed by atoms with Crippen molar-refractivity contribution in [3.8, 4) is 0 Å². The minimum absolute atomic E-state index is 0.130. The summed E-state index contributed by atoms with van der Waals surface area (Å²) in [5.74, 6) is 0.544. The Bertz CT molecular complexity index is 1330. The second-order valence-corrected chi connectivity index (χ2v) is 9.19. The van der Waals surface area contributed by atoms with Gasteiger partial charge in [0, 0.05) is 31.3 Å². The highest BCUT2D eigenvalue weighted by Crippen LogP contribution is 2.30. The fourth-order valence-electron chi connectivity index (χ4n) is 4.42. The Hall–Kier alpha value is -3.43. The number of halogens is 1. The summed E-state index contributed by atoms with van der Waals surface area (Å²) in [4.78, 5) is 18.3. The lowest BCUT2D eigenvalue weighted by molar-refractivity contribution is 0.121. The molecule has 2 aromatic carbocycles. The van der Waals surface area contributed by atoms with E-state index in [1.165, 1.54) is 12.1 Å². The van der Waals surface area contributed by atoms with Crippen molar-refractivity contribution < 1.29 is 9.13 Å². The molecule has 0 aliphatic heterocycles. The number of hydrogen-bond donors (Lipinski definition) is 1. The van der Waals surface area contributed by atoms with Gasteiger partial charge in [0.15, 0.2) is 5.82 Å². The maximum absolute atomic E-state index is 13.6. The Balaban J connectivity index is 1.75. The van der Waals surface area contributed by atoms with E-state index in [-0.39, 0.29) is 23.3 Å². The zero-order valence-electron chi connectivity index (χ0n) is 20.5. The predicted octanol–water partition coefficient (Wildman–Crippen LogP) is 4.01. The van der Waals surface area contributed by atoms with Crippen LogP contribution in [0.25, 0.3) is 10.9 Å². The van der Waals surface area contributed by atoms with E-state index < -0.39 is 0 Å². The van der Waals surface area contributed by atoms with E-state index in [2.05, 4.69) is 39.3 Å². The largest absolute Gasteiger partial charge is 0.383 e. The van der Waals surface area contributed by atoms with E-state index in [0.29, 0.717) is 37.6 Å². The fraction of sp³-hybridized carbons (Fsp3) is 0.385. The first kappa shape index (κ1) is 24.7. The van der Waals surface area contributed by atoms with Crippen molar-refractivity contribution in [2.24, 2.45) is 5.92 Å². The molecule has 9 heteroatoms. The van der Waals surface area contributed by atoms with Crippen molar-refractivity contribution in [3.63, 3.8) is 0 Å². The summed E-state index contributed by atoms with van der Waals surface area (Å²) < 4.78 is 20.6. The molecule has 0 spiro atoms. The number of nitrogens with one attached hydrogen (secondary N) is 1. The fourth-order valence-corrected chi connectivity index (χ4v) is 4.42. The molecule has 0 aliphatic rings. The monoisotopic (exact) mass is 478 g/mol. The number of benzene rings is 2. The van der Waals surface area contributed by atoms with Gasteiger partial charge in [-0.3, -0.25) is 9.69 Å². The maximum Gasteiger partial charge on any atom is 0.252 e. The van der Waals surface area contributed by atoms with Crippen LogP contribution in [0.1, 0.15) is 42.4 Å². The third-order valence-electron chi connectivity index (χ3n) is 6.11. The van der Waals surface area contributed by atoms with Crippen molar-refractivity contribution in [1.82, 2.24) is 30.1 Å². The topological polar surface area (TPSA) is 88.9 Å². The molecule has 0 saturated carbocycles.